The van der Waals surface area contributed by atoms with Gasteiger partial charge < -0.3 is 0 Å². The van der Waals surface area contributed by atoms with Gasteiger partial charge in [-0.25, -0.2) is 4.98 Å². The second kappa shape index (κ2) is 8.18. The molecular formula is C25H24N2OS. The third-order valence-corrected chi connectivity index (χ3v) is 6.23. The summed E-state index contributed by atoms with van der Waals surface area (Å²) in [6.07, 6.45) is 0.362. The number of aromatic nitrogens is 1. The third-order valence-electron chi connectivity index (χ3n) is 5.18. The van der Waals surface area contributed by atoms with Gasteiger partial charge in [0.1, 0.15) is 0 Å². The van der Waals surface area contributed by atoms with Crippen LogP contribution in [0, 0.1) is 20.8 Å². The maximum Gasteiger partial charge on any atom is 0.233 e. The number of carbonyl (C=O) groups is 1. The van der Waals surface area contributed by atoms with Gasteiger partial charge in [0.25, 0.3) is 0 Å². The monoisotopic (exact) mass is 400 g/mol. The van der Waals surface area contributed by atoms with E-state index in [-0.39, 0.29) is 5.91 Å². The minimum absolute atomic E-state index is 0.0604. The van der Waals surface area contributed by atoms with Gasteiger partial charge in [0, 0.05) is 0 Å². The fourth-order valence-electron chi connectivity index (χ4n) is 3.29. The smallest absolute Gasteiger partial charge is 0.233 e. The zero-order valence-electron chi connectivity index (χ0n) is 17.0. The first-order valence-electron chi connectivity index (χ1n) is 9.77. The lowest BCUT2D eigenvalue weighted by Gasteiger charge is -2.20. The van der Waals surface area contributed by atoms with Gasteiger partial charge in [0.15, 0.2) is 5.13 Å². The summed E-state index contributed by atoms with van der Waals surface area (Å²) >= 11 is 1.58. The predicted octanol–water partition coefficient (Wildman–Crippen LogP) is 6.00. The number of fused-ring (bicyclic) bond motifs is 1. The average molecular weight is 401 g/mol. The molecule has 0 saturated carbocycles. The Morgan fingerprint density at radius 1 is 0.897 bits per heavy atom. The number of amides is 1. The fourth-order valence-corrected chi connectivity index (χ4v) is 4.35. The average Bonchev–Trinajstić information content (AvgIpc) is 3.11. The zero-order chi connectivity index (χ0) is 20.4. The van der Waals surface area contributed by atoms with Gasteiger partial charge in [0.05, 0.1) is 23.2 Å². The largest absolute Gasteiger partial charge is 0.283 e. The molecule has 1 amide bonds. The number of benzene rings is 3. The molecule has 0 aliphatic heterocycles. The van der Waals surface area contributed by atoms with Crippen molar-refractivity contribution < 1.29 is 4.79 Å². The van der Waals surface area contributed by atoms with E-state index in [1.54, 1.807) is 11.3 Å². The van der Waals surface area contributed by atoms with Gasteiger partial charge in [0.2, 0.25) is 5.91 Å². The number of aryl methyl sites for hydroxylation is 3. The van der Waals surface area contributed by atoms with Crippen molar-refractivity contribution >= 4 is 32.6 Å². The van der Waals surface area contributed by atoms with Gasteiger partial charge in [-0.05, 0) is 55.2 Å². The van der Waals surface area contributed by atoms with E-state index in [1.165, 1.54) is 16.7 Å². The van der Waals surface area contributed by atoms with Crippen molar-refractivity contribution in [3.8, 4) is 0 Å². The highest BCUT2D eigenvalue weighted by molar-refractivity contribution is 7.22. The van der Waals surface area contributed by atoms with E-state index < -0.39 is 0 Å². The van der Waals surface area contributed by atoms with Crippen LogP contribution < -0.4 is 4.90 Å². The van der Waals surface area contributed by atoms with Crippen LogP contribution >= 0.6 is 11.3 Å². The second-order valence-corrected chi connectivity index (χ2v) is 8.54. The molecule has 4 heteroatoms. The first-order valence-corrected chi connectivity index (χ1v) is 10.6. The van der Waals surface area contributed by atoms with E-state index in [9.17, 15) is 4.79 Å². The fraction of sp³-hybridized carbons (Fsp3) is 0.200. The van der Waals surface area contributed by atoms with Crippen LogP contribution in [0.4, 0.5) is 5.13 Å². The molecule has 0 aliphatic carbocycles. The molecule has 1 heterocycles. The molecule has 4 aromatic rings. The summed E-state index contributed by atoms with van der Waals surface area (Å²) in [5.41, 5.74) is 6.72. The van der Waals surface area contributed by atoms with Crippen molar-refractivity contribution in [2.75, 3.05) is 4.90 Å². The molecule has 29 heavy (non-hydrogen) atoms. The van der Waals surface area contributed by atoms with Crippen LogP contribution in [0.5, 0.6) is 0 Å². The zero-order valence-corrected chi connectivity index (χ0v) is 17.8. The van der Waals surface area contributed by atoms with Crippen LogP contribution in [0.25, 0.3) is 10.2 Å². The lowest BCUT2D eigenvalue weighted by atomic mass is 10.1. The van der Waals surface area contributed by atoms with E-state index in [0.29, 0.717) is 13.0 Å². The quantitative estimate of drug-likeness (QED) is 0.412. The van der Waals surface area contributed by atoms with Crippen LogP contribution in [0.15, 0.2) is 66.7 Å². The first-order chi connectivity index (χ1) is 14.0. The SMILES string of the molecule is Cc1ccc(CC(=O)N(Cc2ccccc2)c2nc3cc(C)c(C)cc3s2)cc1. The van der Waals surface area contributed by atoms with Gasteiger partial charge in [-0.15, -0.1) is 0 Å². The summed E-state index contributed by atoms with van der Waals surface area (Å²) in [4.78, 5) is 19.9. The Kier molecular flexibility index (Phi) is 5.45. The van der Waals surface area contributed by atoms with Gasteiger partial charge in [-0.2, -0.15) is 0 Å². The molecule has 3 nitrogen and oxygen atoms in total. The van der Waals surface area contributed by atoms with Crippen molar-refractivity contribution in [3.63, 3.8) is 0 Å². The van der Waals surface area contributed by atoms with Crippen LogP contribution in [0.1, 0.15) is 27.8 Å². The maximum atomic E-state index is 13.3. The van der Waals surface area contributed by atoms with Crippen LogP contribution in [-0.4, -0.2) is 10.9 Å². The lowest BCUT2D eigenvalue weighted by molar-refractivity contribution is -0.118. The molecule has 0 radical (unpaired) electrons. The Bertz CT molecular complexity index is 1110. The Morgan fingerprint density at radius 3 is 2.31 bits per heavy atom. The van der Waals surface area contributed by atoms with Crippen LogP contribution in [0.2, 0.25) is 0 Å². The summed E-state index contributed by atoms with van der Waals surface area (Å²) in [6.45, 7) is 6.78. The molecule has 0 N–H and O–H groups in total. The Hall–Kier alpha value is -2.98. The molecule has 0 unspecified atom stereocenters. The molecule has 0 aliphatic rings. The normalized spacial score (nSPS) is 11.0. The molecule has 4 rings (SSSR count). The molecular weight excluding hydrogens is 376 g/mol. The van der Waals surface area contributed by atoms with Crippen LogP contribution in [-0.2, 0) is 17.8 Å². The van der Waals surface area contributed by atoms with Gasteiger partial charge in [-0.1, -0.05) is 71.5 Å². The van der Waals surface area contributed by atoms with Crippen molar-refractivity contribution in [2.45, 2.75) is 33.7 Å². The molecule has 1 aromatic heterocycles. The number of anilines is 1. The van der Waals surface area contributed by atoms with E-state index in [4.69, 9.17) is 4.98 Å². The number of carbonyl (C=O) groups excluding carboxylic acids is 1. The number of hydrogen-bond acceptors (Lipinski definition) is 3. The minimum Gasteiger partial charge on any atom is -0.283 e. The van der Waals surface area contributed by atoms with E-state index in [2.05, 4.69) is 32.9 Å². The molecule has 0 saturated heterocycles. The highest BCUT2D eigenvalue weighted by Gasteiger charge is 2.21. The topological polar surface area (TPSA) is 33.2 Å². The lowest BCUT2D eigenvalue weighted by Crippen LogP contribution is -2.31. The number of hydrogen-bond donors (Lipinski definition) is 0. The summed E-state index contributed by atoms with van der Waals surface area (Å²) in [7, 11) is 0. The summed E-state index contributed by atoms with van der Waals surface area (Å²) in [5.74, 6) is 0.0604. The highest BCUT2D eigenvalue weighted by Crippen LogP contribution is 2.32. The van der Waals surface area contributed by atoms with Crippen molar-refractivity contribution in [1.29, 1.82) is 0 Å². The molecule has 0 spiro atoms. The van der Waals surface area contributed by atoms with Crippen molar-refractivity contribution in [3.05, 3.63) is 94.5 Å². The van der Waals surface area contributed by atoms with Crippen LogP contribution in [0.3, 0.4) is 0 Å². The maximum absolute atomic E-state index is 13.3. The number of rotatable bonds is 5. The second-order valence-electron chi connectivity index (χ2n) is 7.53. The van der Waals surface area contributed by atoms with Gasteiger partial charge >= 0.3 is 0 Å². The minimum atomic E-state index is 0.0604. The summed E-state index contributed by atoms with van der Waals surface area (Å²) in [5, 5.41) is 0.756. The summed E-state index contributed by atoms with van der Waals surface area (Å²) in [6, 6.07) is 22.5. The highest BCUT2D eigenvalue weighted by atomic mass is 32.1. The van der Waals surface area contributed by atoms with E-state index in [0.717, 1.165) is 26.5 Å². The first kappa shape index (κ1) is 19.3. The molecule has 3 aromatic carbocycles. The molecule has 146 valence electrons. The van der Waals surface area contributed by atoms with Crippen molar-refractivity contribution in [1.82, 2.24) is 4.98 Å². The van der Waals surface area contributed by atoms with E-state index in [1.807, 2.05) is 59.5 Å². The summed E-state index contributed by atoms with van der Waals surface area (Å²) < 4.78 is 1.12. The third kappa shape index (κ3) is 4.38. The number of nitrogens with zero attached hydrogens (tertiary/aromatic N) is 2. The Balaban J connectivity index is 1.69. The van der Waals surface area contributed by atoms with Crippen molar-refractivity contribution in [2.24, 2.45) is 0 Å². The Labute approximate surface area is 175 Å². The molecule has 0 fully saturated rings. The standard InChI is InChI=1S/C25H24N2OS/c1-17-9-11-20(12-10-17)15-24(28)27(16-21-7-5-4-6-8-21)25-26-22-13-18(2)19(3)14-23(22)29-25/h4-14H,15-16H2,1-3H3. The predicted molar refractivity (Wildman–Crippen MR) is 122 cm³/mol. The van der Waals surface area contributed by atoms with E-state index >= 15 is 0 Å². The molecule has 0 bridgehead atoms. The molecule has 0 atom stereocenters. The number of thiazole rings is 1. The Morgan fingerprint density at radius 2 is 1.59 bits per heavy atom. The van der Waals surface area contributed by atoms with Gasteiger partial charge in [-0.3, -0.25) is 9.69 Å².